The van der Waals surface area contributed by atoms with Gasteiger partial charge in [0.15, 0.2) is 6.61 Å². The second-order valence-corrected chi connectivity index (χ2v) is 8.28. The first-order valence-corrected chi connectivity index (χ1v) is 11.8. The third-order valence-electron chi connectivity index (χ3n) is 5.91. The maximum Gasteiger partial charge on any atom is 0.330 e. The van der Waals surface area contributed by atoms with Crippen LogP contribution in [0.2, 0.25) is 0 Å². The molecule has 0 bridgehead atoms. The summed E-state index contributed by atoms with van der Waals surface area (Å²) in [6, 6.07) is 21.7. The van der Waals surface area contributed by atoms with Crippen LogP contribution in [-0.2, 0) is 22.6 Å². The van der Waals surface area contributed by atoms with E-state index < -0.39 is 23.8 Å². The van der Waals surface area contributed by atoms with Crippen LogP contribution in [0, 0.1) is 0 Å². The SMILES string of the molecule is CCOc1ccccc1-c1noc(COC(=O)[C@H](Cc2ccccc2)N2C(=O)c3ccccc3C2=O)n1. The van der Waals surface area contributed by atoms with Crippen molar-refractivity contribution in [3.8, 4) is 17.1 Å². The number of hydrogen-bond donors (Lipinski definition) is 0. The van der Waals surface area contributed by atoms with Gasteiger partial charge < -0.3 is 14.0 Å². The van der Waals surface area contributed by atoms with Gasteiger partial charge in [0.25, 0.3) is 17.7 Å². The molecule has 1 aliphatic rings. The van der Waals surface area contributed by atoms with Crippen molar-refractivity contribution in [2.24, 2.45) is 0 Å². The number of hydrogen-bond acceptors (Lipinski definition) is 8. The maximum absolute atomic E-state index is 13.3. The average molecular weight is 498 g/mol. The summed E-state index contributed by atoms with van der Waals surface area (Å²) in [6.07, 6.45) is 0.0992. The molecule has 0 aliphatic carbocycles. The highest BCUT2D eigenvalue weighted by molar-refractivity contribution is 6.22. The summed E-state index contributed by atoms with van der Waals surface area (Å²) in [5.41, 5.74) is 1.92. The van der Waals surface area contributed by atoms with Crippen LogP contribution in [0.4, 0.5) is 0 Å². The maximum atomic E-state index is 13.3. The summed E-state index contributed by atoms with van der Waals surface area (Å²) in [5, 5.41) is 3.97. The highest BCUT2D eigenvalue weighted by atomic mass is 16.6. The standard InChI is InChI=1S/C28H23N3O6/c1-2-35-23-15-9-8-14-21(23)25-29-24(37-30-25)17-36-28(34)22(16-18-10-4-3-5-11-18)31-26(32)19-12-6-7-13-20(19)27(31)33/h3-15,22H,2,16-17H2,1H3/t22-/m0/s1. The third kappa shape index (κ3) is 4.84. The van der Waals surface area contributed by atoms with E-state index in [4.69, 9.17) is 14.0 Å². The van der Waals surface area contributed by atoms with E-state index in [9.17, 15) is 14.4 Å². The molecule has 0 fully saturated rings. The summed E-state index contributed by atoms with van der Waals surface area (Å²) in [7, 11) is 0. The molecule has 0 radical (unpaired) electrons. The Morgan fingerprint density at radius 3 is 2.19 bits per heavy atom. The van der Waals surface area contributed by atoms with E-state index in [1.54, 1.807) is 36.4 Å². The molecule has 3 aromatic carbocycles. The van der Waals surface area contributed by atoms with Gasteiger partial charge in [0.05, 0.1) is 23.3 Å². The molecule has 2 heterocycles. The zero-order valence-electron chi connectivity index (χ0n) is 20.0. The van der Waals surface area contributed by atoms with Gasteiger partial charge in [-0.3, -0.25) is 14.5 Å². The number of esters is 1. The van der Waals surface area contributed by atoms with E-state index in [2.05, 4.69) is 10.1 Å². The minimum Gasteiger partial charge on any atom is -0.493 e. The van der Waals surface area contributed by atoms with Crippen molar-refractivity contribution in [1.29, 1.82) is 0 Å². The second kappa shape index (κ2) is 10.4. The number of amides is 2. The molecule has 186 valence electrons. The van der Waals surface area contributed by atoms with Crippen molar-refractivity contribution in [1.82, 2.24) is 15.0 Å². The van der Waals surface area contributed by atoms with E-state index in [1.807, 2.05) is 49.4 Å². The minimum atomic E-state index is -1.17. The predicted molar refractivity (Wildman–Crippen MR) is 132 cm³/mol. The summed E-state index contributed by atoms with van der Waals surface area (Å²) in [6.45, 7) is 2.02. The molecule has 9 nitrogen and oxygen atoms in total. The molecular weight excluding hydrogens is 474 g/mol. The Balaban J connectivity index is 1.36. The normalized spacial score (nSPS) is 13.4. The Morgan fingerprint density at radius 1 is 0.892 bits per heavy atom. The topological polar surface area (TPSA) is 112 Å². The number of ether oxygens (including phenoxy) is 2. The first-order chi connectivity index (χ1) is 18.1. The Kier molecular flexibility index (Phi) is 6.76. The molecule has 0 saturated heterocycles. The van der Waals surface area contributed by atoms with Crippen molar-refractivity contribution in [2.45, 2.75) is 26.0 Å². The molecule has 5 rings (SSSR count). The summed E-state index contributed by atoms with van der Waals surface area (Å²) in [4.78, 5) is 44.8. The number of carbonyl (C=O) groups excluding carboxylic acids is 3. The summed E-state index contributed by atoms with van der Waals surface area (Å²) >= 11 is 0. The fourth-order valence-corrected chi connectivity index (χ4v) is 4.19. The van der Waals surface area contributed by atoms with Crippen molar-refractivity contribution in [3.05, 3.63) is 101 Å². The van der Waals surface area contributed by atoms with Gasteiger partial charge in [0.1, 0.15) is 11.8 Å². The van der Waals surface area contributed by atoms with E-state index in [0.717, 1.165) is 10.5 Å². The van der Waals surface area contributed by atoms with Crippen molar-refractivity contribution in [2.75, 3.05) is 6.61 Å². The summed E-state index contributed by atoms with van der Waals surface area (Å²) in [5.74, 6) is -0.875. The van der Waals surface area contributed by atoms with Crippen molar-refractivity contribution in [3.63, 3.8) is 0 Å². The molecule has 2 amide bonds. The van der Waals surface area contributed by atoms with Crippen LogP contribution >= 0.6 is 0 Å². The Labute approximate surface area is 212 Å². The Morgan fingerprint density at radius 2 is 1.51 bits per heavy atom. The van der Waals surface area contributed by atoms with Gasteiger partial charge >= 0.3 is 5.97 Å². The lowest BCUT2D eigenvalue weighted by Crippen LogP contribution is -2.47. The summed E-state index contributed by atoms with van der Waals surface area (Å²) < 4.78 is 16.4. The first kappa shape index (κ1) is 23.9. The van der Waals surface area contributed by atoms with E-state index in [1.165, 1.54) is 0 Å². The predicted octanol–water partition coefficient (Wildman–Crippen LogP) is 4.09. The first-order valence-electron chi connectivity index (χ1n) is 11.8. The monoisotopic (exact) mass is 497 g/mol. The Hall–Kier alpha value is -4.79. The van der Waals surface area contributed by atoms with Crippen LogP contribution in [0.5, 0.6) is 5.75 Å². The van der Waals surface area contributed by atoms with Gasteiger partial charge in [-0.25, -0.2) is 4.79 Å². The number of imide groups is 1. The number of rotatable bonds is 9. The van der Waals surface area contributed by atoms with Gasteiger partial charge in [-0.1, -0.05) is 59.8 Å². The molecule has 0 saturated carbocycles. The zero-order chi connectivity index (χ0) is 25.8. The van der Waals surface area contributed by atoms with Crippen LogP contribution in [-0.4, -0.2) is 45.5 Å². The van der Waals surface area contributed by atoms with Crippen LogP contribution in [0.15, 0.2) is 83.4 Å². The number of benzene rings is 3. The highest BCUT2D eigenvalue weighted by Gasteiger charge is 2.43. The van der Waals surface area contributed by atoms with Gasteiger partial charge in [0.2, 0.25) is 5.82 Å². The van der Waals surface area contributed by atoms with E-state index in [-0.39, 0.29) is 35.9 Å². The zero-order valence-corrected chi connectivity index (χ0v) is 20.0. The fourth-order valence-electron chi connectivity index (χ4n) is 4.19. The molecule has 0 spiro atoms. The number of nitrogens with zero attached hydrogens (tertiary/aromatic N) is 3. The number of aromatic nitrogens is 2. The van der Waals surface area contributed by atoms with Crippen molar-refractivity contribution < 1.29 is 28.4 Å². The van der Waals surface area contributed by atoms with Crippen molar-refractivity contribution >= 4 is 17.8 Å². The molecule has 9 heteroatoms. The molecule has 0 unspecified atom stereocenters. The van der Waals surface area contributed by atoms with Crippen LogP contribution in [0.25, 0.3) is 11.4 Å². The number of para-hydroxylation sites is 1. The second-order valence-electron chi connectivity index (χ2n) is 8.28. The number of carbonyl (C=O) groups is 3. The minimum absolute atomic E-state index is 0.0653. The quantitative estimate of drug-likeness (QED) is 0.251. The van der Waals surface area contributed by atoms with Crippen LogP contribution in [0.1, 0.15) is 39.1 Å². The molecule has 37 heavy (non-hydrogen) atoms. The smallest absolute Gasteiger partial charge is 0.330 e. The van der Waals surface area contributed by atoms with E-state index >= 15 is 0 Å². The largest absolute Gasteiger partial charge is 0.493 e. The Bertz CT molecular complexity index is 1410. The van der Waals surface area contributed by atoms with Gasteiger partial charge in [-0.05, 0) is 36.8 Å². The molecule has 1 atom stereocenters. The average Bonchev–Trinajstić information content (AvgIpc) is 3.50. The lowest BCUT2D eigenvalue weighted by molar-refractivity contribution is -0.150. The van der Waals surface area contributed by atoms with Crippen LogP contribution in [0.3, 0.4) is 0 Å². The number of fused-ring (bicyclic) bond motifs is 1. The van der Waals surface area contributed by atoms with Gasteiger partial charge in [0, 0.05) is 6.42 Å². The van der Waals surface area contributed by atoms with Crippen LogP contribution < -0.4 is 4.74 Å². The molecule has 4 aromatic rings. The highest BCUT2D eigenvalue weighted by Crippen LogP contribution is 2.29. The third-order valence-corrected chi connectivity index (χ3v) is 5.91. The van der Waals surface area contributed by atoms with Gasteiger partial charge in [-0.2, -0.15) is 4.98 Å². The molecule has 1 aliphatic heterocycles. The molecule has 1 aromatic heterocycles. The molecule has 0 N–H and O–H groups in total. The molecular formula is C28H23N3O6. The van der Waals surface area contributed by atoms with E-state index in [0.29, 0.717) is 17.9 Å². The van der Waals surface area contributed by atoms with Gasteiger partial charge in [-0.15, -0.1) is 0 Å². The lowest BCUT2D eigenvalue weighted by atomic mass is 10.0. The lowest BCUT2D eigenvalue weighted by Gasteiger charge is -2.24. The fraction of sp³-hybridized carbons (Fsp3) is 0.179.